The number of aliphatic carboxylic acids is 1. The van der Waals surface area contributed by atoms with E-state index in [4.69, 9.17) is 23.1 Å². The Bertz CT molecular complexity index is 409. The highest BCUT2D eigenvalue weighted by Gasteiger charge is 2.07. The molecule has 1 rings (SSSR count). The van der Waals surface area contributed by atoms with E-state index in [0.29, 0.717) is 11.3 Å². The Balaban J connectivity index is 3.02. The highest BCUT2D eigenvalue weighted by molar-refractivity contribution is 9.10. The summed E-state index contributed by atoms with van der Waals surface area (Å²) in [5.74, 6) is -0.904. The zero-order valence-electron chi connectivity index (χ0n) is 7.66. The number of halogens is 1. The minimum absolute atomic E-state index is 0.0790. The van der Waals surface area contributed by atoms with Gasteiger partial charge in [0.25, 0.3) is 0 Å². The lowest BCUT2D eigenvalue weighted by atomic mass is 10.1. The molecule has 0 bridgehead atoms. The second kappa shape index (κ2) is 5.09. The second-order valence-electron chi connectivity index (χ2n) is 2.86. The van der Waals surface area contributed by atoms with Crippen LogP contribution in [0.25, 0.3) is 0 Å². The fourth-order valence-electron chi connectivity index (χ4n) is 1.13. The quantitative estimate of drug-likeness (QED) is 0.739. The predicted molar refractivity (Wildman–Crippen MR) is 65.9 cm³/mol. The van der Waals surface area contributed by atoms with Crippen molar-refractivity contribution in [1.82, 2.24) is 0 Å². The van der Waals surface area contributed by atoms with Crippen LogP contribution in [0.15, 0.2) is 22.7 Å². The number of carboxylic acid groups (broad SMARTS) is 1. The fraction of sp³-hybridized carbons (Fsp3) is 0.111. The molecule has 0 aliphatic heterocycles. The number of hydrogen-bond donors (Lipinski definition) is 3. The van der Waals surface area contributed by atoms with Gasteiger partial charge in [-0.15, -0.1) is 0 Å². The first-order chi connectivity index (χ1) is 6.99. The van der Waals surface area contributed by atoms with E-state index >= 15 is 0 Å². The van der Waals surface area contributed by atoms with Gasteiger partial charge < -0.3 is 16.2 Å². The normalized spacial score (nSPS) is 9.67. The van der Waals surface area contributed by atoms with Crippen LogP contribution >= 0.6 is 28.1 Å². The SMILES string of the molecule is NC(=S)Nc1ccc(Br)cc1CC(=O)O. The Kier molecular flexibility index (Phi) is 4.05. The molecule has 0 radical (unpaired) electrons. The summed E-state index contributed by atoms with van der Waals surface area (Å²) >= 11 is 7.96. The zero-order valence-corrected chi connectivity index (χ0v) is 10.1. The van der Waals surface area contributed by atoms with Crippen molar-refractivity contribution in [3.8, 4) is 0 Å². The Morgan fingerprint density at radius 2 is 2.27 bits per heavy atom. The third-order valence-corrected chi connectivity index (χ3v) is 2.26. The van der Waals surface area contributed by atoms with Gasteiger partial charge in [0, 0.05) is 10.2 Å². The van der Waals surface area contributed by atoms with Crippen molar-refractivity contribution in [3.05, 3.63) is 28.2 Å². The molecule has 0 fully saturated rings. The molecule has 0 aliphatic rings. The van der Waals surface area contributed by atoms with Crippen molar-refractivity contribution in [1.29, 1.82) is 0 Å². The highest BCUT2D eigenvalue weighted by Crippen LogP contribution is 2.21. The maximum atomic E-state index is 10.6. The van der Waals surface area contributed by atoms with Gasteiger partial charge in [0.05, 0.1) is 6.42 Å². The fourth-order valence-corrected chi connectivity index (χ4v) is 1.64. The van der Waals surface area contributed by atoms with Gasteiger partial charge in [0.15, 0.2) is 5.11 Å². The lowest BCUT2D eigenvalue weighted by molar-refractivity contribution is -0.136. The standard InChI is InChI=1S/C9H9BrN2O2S/c10-6-1-2-7(12-9(11)15)5(3-6)4-8(13)14/h1-3H,4H2,(H,13,14)(H3,11,12,15). The maximum Gasteiger partial charge on any atom is 0.307 e. The van der Waals surface area contributed by atoms with E-state index in [1.807, 2.05) is 0 Å². The highest BCUT2D eigenvalue weighted by atomic mass is 79.9. The smallest absolute Gasteiger partial charge is 0.307 e. The number of carboxylic acids is 1. The number of anilines is 1. The molecule has 80 valence electrons. The molecule has 0 unspecified atom stereocenters. The first-order valence-electron chi connectivity index (χ1n) is 4.05. The van der Waals surface area contributed by atoms with Gasteiger partial charge in [-0.3, -0.25) is 4.79 Å². The third kappa shape index (κ3) is 3.85. The van der Waals surface area contributed by atoms with Crippen LogP contribution in [-0.2, 0) is 11.2 Å². The van der Waals surface area contributed by atoms with E-state index in [-0.39, 0.29) is 11.5 Å². The molecule has 0 aromatic heterocycles. The van der Waals surface area contributed by atoms with Gasteiger partial charge in [-0.25, -0.2) is 0 Å². The molecule has 0 amide bonds. The van der Waals surface area contributed by atoms with Crippen molar-refractivity contribution < 1.29 is 9.90 Å². The summed E-state index contributed by atoms with van der Waals surface area (Å²) in [5, 5.41) is 11.6. The van der Waals surface area contributed by atoms with Gasteiger partial charge in [-0.2, -0.15) is 0 Å². The van der Waals surface area contributed by atoms with Crippen molar-refractivity contribution in [2.75, 3.05) is 5.32 Å². The van der Waals surface area contributed by atoms with E-state index < -0.39 is 5.97 Å². The number of thiocarbonyl (C=S) groups is 1. The van der Waals surface area contributed by atoms with E-state index in [1.165, 1.54) is 0 Å². The van der Waals surface area contributed by atoms with Crippen LogP contribution in [0, 0.1) is 0 Å². The Hall–Kier alpha value is -1.14. The monoisotopic (exact) mass is 288 g/mol. The molecule has 0 saturated carbocycles. The van der Waals surface area contributed by atoms with Crippen molar-refractivity contribution in [3.63, 3.8) is 0 Å². The first kappa shape index (κ1) is 11.9. The molecule has 4 N–H and O–H groups in total. The van der Waals surface area contributed by atoms with Crippen LogP contribution < -0.4 is 11.1 Å². The number of rotatable bonds is 3. The molecule has 0 saturated heterocycles. The molecule has 0 atom stereocenters. The summed E-state index contributed by atoms with van der Waals surface area (Å²) in [7, 11) is 0. The molecular formula is C9H9BrN2O2S. The number of hydrogen-bond acceptors (Lipinski definition) is 2. The Morgan fingerprint density at radius 3 is 2.80 bits per heavy atom. The van der Waals surface area contributed by atoms with Crippen LogP contribution in [0.2, 0.25) is 0 Å². The molecule has 6 heteroatoms. The van der Waals surface area contributed by atoms with Crippen LogP contribution in [0.1, 0.15) is 5.56 Å². The molecule has 0 heterocycles. The molecule has 15 heavy (non-hydrogen) atoms. The van der Waals surface area contributed by atoms with Gasteiger partial charge in [-0.05, 0) is 36.0 Å². The minimum atomic E-state index is -0.904. The summed E-state index contributed by atoms with van der Waals surface area (Å²) in [6.07, 6.45) is -0.0790. The van der Waals surface area contributed by atoms with Gasteiger partial charge >= 0.3 is 5.97 Å². The summed E-state index contributed by atoms with van der Waals surface area (Å²) in [4.78, 5) is 10.6. The van der Waals surface area contributed by atoms with E-state index in [2.05, 4.69) is 21.2 Å². The molecule has 0 aliphatic carbocycles. The molecular weight excluding hydrogens is 280 g/mol. The lowest BCUT2D eigenvalue weighted by Crippen LogP contribution is -2.20. The topological polar surface area (TPSA) is 75.3 Å². The minimum Gasteiger partial charge on any atom is -0.481 e. The number of nitrogens with two attached hydrogens (primary N) is 1. The van der Waals surface area contributed by atoms with Crippen LogP contribution in [0.3, 0.4) is 0 Å². The molecule has 0 spiro atoms. The summed E-state index contributed by atoms with van der Waals surface area (Å²) in [6, 6.07) is 5.22. The first-order valence-corrected chi connectivity index (χ1v) is 5.26. The van der Waals surface area contributed by atoms with Gasteiger partial charge in [0.2, 0.25) is 0 Å². The maximum absolute atomic E-state index is 10.6. The Morgan fingerprint density at radius 1 is 1.60 bits per heavy atom. The second-order valence-corrected chi connectivity index (χ2v) is 4.22. The molecule has 1 aromatic rings. The van der Waals surface area contributed by atoms with Crippen molar-refractivity contribution >= 4 is 44.9 Å². The predicted octanol–water partition coefficient (Wildman–Crippen LogP) is 1.73. The van der Waals surface area contributed by atoms with E-state index in [0.717, 1.165) is 4.47 Å². The number of carbonyl (C=O) groups is 1. The Labute approximate surface area is 101 Å². The molecule has 4 nitrogen and oxygen atoms in total. The van der Waals surface area contributed by atoms with Crippen molar-refractivity contribution in [2.45, 2.75) is 6.42 Å². The number of benzene rings is 1. The average Bonchev–Trinajstić information content (AvgIpc) is 2.08. The van der Waals surface area contributed by atoms with Crippen LogP contribution in [-0.4, -0.2) is 16.2 Å². The molecule has 1 aromatic carbocycles. The van der Waals surface area contributed by atoms with E-state index in [1.54, 1.807) is 18.2 Å². The van der Waals surface area contributed by atoms with Gasteiger partial charge in [0.1, 0.15) is 0 Å². The third-order valence-electron chi connectivity index (χ3n) is 1.67. The summed E-state index contributed by atoms with van der Waals surface area (Å²) in [5.41, 5.74) is 6.57. The van der Waals surface area contributed by atoms with Crippen LogP contribution in [0.4, 0.5) is 5.69 Å². The van der Waals surface area contributed by atoms with Crippen LogP contribution in [0.5, 0.6) is 0 Å². The van der Waals surface area contributed by atoms with Crippen molar-refractivity contribution in [2.24, 2.45) is 5.73 Å². The average molecular weight is 289 g/mol. The zero-order chi connectivity index (χ0) is 11.4. The summed E-state index contributed by atoms with van der Waals surface area (Å²) < 4.78 is 0.812. The summed E-state index contributed by atoms with van der Waals surface area (Å²) in [6.45, 7) is 0. The largest absolute Gasteiger partial charge is 0.481 e. The lowest BCUT2D eigenvalue weighted by Gasteiger charge is -2.09. The number of nitrogens with one attached hydrogen (secondary N) is 1. The van der Waals surface area contributed by atoms with Gasteiger partial charge in [-0.1, -0.05) is 15.9 Å². The van der Waals surface area contributed by atoms with E-state index in [9.17, 15) is 4.79 Å².